The third-order valence-electron chi connectivity index (χ3n) is 7.30. The Morgan fingerprint density at radius 2 is 1.89 bits per heavy atom. The van der Waals surface area contributed by atoms with E-state index in [0.717, 1.165) is 59.3 Å². The molecule has 1 aromatic carbocycles. The number of rotatable bonds is 5. The Hall–Kier alpha value is -4.27. The minimum atomic E-state index is 0.00250. The Morgan fingerprint density at radius 1 is 1.03 bits per heavy atom. The highest BCUT2D eigenvalue weighted by Gasteiger charge is 2.32. The highest BCUT2D eigenvalue weighted by molar-refractivity contribution is 5.99. The van der Waals surface area contributed by atoms with Gasteiger partial charge in [0.2, 0.25) is 11.9 Å². The molecule has 0 saturated carbocycles. The highest BCUT2D eigenvalue weighted by atomic mass is 16.2. The van der Waals surface area contributed by atoms with Crippen LogP contribution in [-0.2, 0) is 4.79 Å². The molecule has 3 aromatic heterocycles. The number of pyridine rings is 1. The van der Waals surface area contributed by atoms with Gasteiger partial charge in [-0.15, -0.1) is 0 Å². The van der Waals surface area contributed by atoms with E-state index in [2.05, 4.69) is 25.3 Å². The van der Waals surface area contributed by atoms with Crippen molar-refractivity contribution in [3.05, 3.63) is 66.1 Å². The summed E-state index contributed by atoms with van der Waals surface area (Å²) in [6.07, 6.45) is 6.73. The van der Waals surface area contributed by atoms with Gasteiger partial charge in [0, 0.05) is 61.1 Å². The lowest BCUT2D eigenvalue weighted by molar-refractivity contribution is -0.130. The van der Waals surface area contributed by atoms with E-state index in [-0.39, 0.29) is 17.9 Å². The second-order valence-electron chi connectivity index (χ2n) is 9.76. The summed E-state index contributed by atoms with van der Waals surface area (Å²) in [7, 11) is 0. The number of nitrogens with one attached hydrogen (secondary N) is 2. The van der Waals surface area contributed by atoms with E-state index in [1.54, 1.807) is 12.4 Å². The largest absolute Gasteiger partial charge is 0.350 e. The number of amides is 2. The predicted molar refractivity (Wildman–Crippen MR) is 141 cm³/mol. The molecule has 2 N–H and O–H groups in total. The van der Waals surface area contributed by atoms with Gasteiger partial charge in [-0.2, -0.15) is 0 Å². The number of fused-ring (bicyclic) bond motifs is 1. The lowest BCUT2D eigenvalue weighted by Gasteiger charge is -2.36. The van der Waals surface area contributed by atoms with Gasteiger partial charge in [-0.25, -0.2) is 9.97 Å². The zero-order chi connectivity index (χ0) is 25.4. The average Bonchev–Trinajstić information content (AvgIpc) is 3.56. The van der Waals surface area contributed by atoms with E-state index in [1.165, 1.54) is 0 Å². The first-order valence-electron chi connectivity index (χ1n) is 12.8. The number of likely N-dealkylation sites (tertiary alicyclic amines) is 2. The molecule has 37 heavy (non-hydrogen) atoms. The molecule has 0 atom stereocenters. The second-order valence-corrected chi connectivity index (χ2v) is 9.76. The average molecular weight is 496 g/mol. The van der Waals surface area contributed by atoms with E-state index in [0.29, 0.717) is 31.2 Å². The highest BCUT2D eigenvalue weighted by Crippen LogP contribution is 2.28. The summed E-state index contributed by atoms with van der Waals surface area (Å²) in [6, 6.07) is 13.7. The molecule has 0 bridgehead atoms. The van der Waals surface area contributed by atoms with Crippen molar-refractivity contribution < 1.29 is 9.59 Å². The number of hydrogen-bond donors (Lipinski definition) is 2. The number of anilines is 2. The number of piperidine rings is 1. The summed E-state index contributed by atoms with van der Waals surface area (Å²) in [6.45, 7) is 4.20. The SMILES string of the molecule is Cc1cc(Nc2nccc(-c3ccccn3)n2)cc2cc(C(=O)N3CCC(N4CCCC4=O)CC3)[nH]c12. The van der Waals surface area contributed by atoms with Crippen LogP contribution in [0.4, 0.5) is 11.6 Å². The lowest BCUT2D eigenvalue weighted by Crippen LogP contribution is -2.47. The second kappa shape index (κ2) is 9.65. The van der Waals surface area contributed by atoms with Crippen LogP contribution in [0.5, 0.6) is 0 Å². The van der Waals surface area contributed by atoms with Crippen molar-refractivity contribution in [1.29, 1.82) is 0 Å². The number of aromatic nitrogens is 4. The van der Waals surface area contributed by atoms with Gasteiger partial charge >= 0.3 is 0 Å². The van der Waals surface area contributed by atoms with Gasteiger partial charge in [0.05, 0.1) is 11.4 Å². The number of aryl methyl sites for hydroxylation is 1. The molecule has 9 heteroatoms. The fraction of sp³-hybridized carbons (Fsp3) is 0.321. The number of hydrogen-bond acceptors (Lipinski definition) is 6. The zero-order valence-corrected chi connectivity index (χ0v) is 20.8. The van der Waals surface area contributed by atoms with Crippen molar-refractivity contribution in [2.45, 2.75) is 38.6 Å². The van der Waals surface area contributed by atoms with Gasteiger partial charge in [-0.1, -0.05) is 6.07 Å². The topological polar surface area (TPSA) is 107 Å². The van der Waals surface area contributed by atoms with E-state index in [9.17, 15) is 9.59 Å². The maximum Gasteiger partial charge on any atom is 0.270 e. The first-order valence-corrected chi connectivity index (χ1v) is 12.8. The maximum atomic E-state index is 13.3. The standard InChI is InChI=1S/C28H29N7O2/c1-18-15-20(31-28-30-11-7-23(33-28)22-5-2-3-10-29-22)16-19-17-24(32-26(18)19)27(37)34-13-8-21(9-14-34)35-12-4-6-25(35)36/h2-3,5,7,10-11,15-17,21,32H,4,6,8-9,12-14H2,1H3,(H,30,31,33). The number of carbonyl (C=O) groups is 2. The van der Waals surface area contributed by atoms with Crippen molar-refractivity contribution in [2.75, 3.05) is 25.0 Å². The van der Waals surface area contributed by atoms with Crippen molar-refractivity contribution in [3.63, 3.8) is 0 Å². The number of benzene rings is 1. The van der Waals surface area contributed by atoms with Gasteiger partial charge in [0.25, 0.3) is 5.91 Å². The van der Waals surface area contributed by atoms with Crippen LogP contribution in [0.2, 0.25) is 0 Å². The number of nitrogens with zero attached hydrogens (tertiary/aromatic N) is 5. The van der Waals surface area contributed by atoms with Crippen molar-refractivity contribution >= 4 is 34.4 Å². The summed E-state index contributed by atoms with van der Waals surface area (Å²) in [5, 5.41) is 4.24. The van der Waals surface area contributed by atoms with Crippen LogP contribution in [0.1, 0.15) is 41.7 Å². The molecule has 2 aliphatic heterocycles. The van der Waals surface area contributed by atoms with Crippen molar-refractivity contribution in [2.24, 2.45) is 0 Å². The molecule has 2 saturated heterocycles. The number of aromatic amines is 1. The van der Waals surface area contributed by atoms with E-state index in [4.69, 9.17) is 0 Å². The fourth-order valence-electron chi connectivity index (χ4n) is 5.42. The Balaban J connectivity index is 1.17. The first kappa shape index (κ1) is 23.1. The summed E-state index contributed by atoms with van der Waals surface area (Å²) >= 11 is 0. The van der Waals surface area contributed by atoms with Crippen molar-refractivity contribution in [1.82, 2.24) is 29.7 Å². The molecule has 0 unspecified atom stereocenters. The molecule has 0 spiro atoms. The molecule has 0 aliphatic carbocycles. The van der Waals surface area contributed by atoms with Crippen molar-refractivity contribution in [3.8, 4) is 11.4 Å². The van der Waals surface area contributed by atoms with Crippen LogP contribution in [0.3, 0.4) is 0 Å². The Kier molecular flexibility index (Phi) is 6.04. The van der Waals surface area contributed by atoms with Crippen LogP contribution in [0.15, 0.2) is 54.9 Å². The molecule has 6 rings (SSSR count). The van der Waals surface area contributed by atoms with E-state index in [1.807, 2.05) is 59.2 Å². The minimum Gasteiger partial charge on any atom is -0.350 e. The Morgan fingerprint density at radius 3 is 2.65 bits per heavy atom. The summed E-state index contributed by atoms with van der Waals surface area (Å²) < 4.78 is 0. The first-order chi connectivity index (χ1) is 18.0. The third kappa shape index (κ3) is 4.64. The van der Waals surface area contributed by atoms with Crippen LogP contribution in [-0.4, -0.2) is 67.2 Å². The number of carbonyl (C=O) groups excluding carboxylic acids is 2. The van der Waals surface area contributed by atoms with E-state index >= 15 is 0 Å². The lowest BCUT2D eigenvalue weighted by atomic mass is 10.0. The van der Waals surface area contributed by atoms with Gasteiger partial charge < -0.3 is 20.1 Å². The molecule has 4 aromatic rings. The molecule has 0 radical (unpaired) electrons. The summed E-state index contributed by atoms with van der Waals surface area (Å²) in [4.78, 5) is 46.0. The van der Waals surface area contributed by atoms with Crippen LogP contribution >= 0.6 is 0 Å². The third-order valence-corrected chi connectivity index (χ3v) is 7.30. The Bertz CT molecular complexity index is 1460. The minimum absolute atomic E-state index is 0.00250. The molecule has 2 aliphatic rings. The normalized spacial score (nSPS) is 16.5. The molecule has 188 valence electrons. The van der Waals surface area contributed by atoms with Gasteiger partial charge in [-0.05, 0) is 68.1 Å². The van der Waals surface area contributed by atoms with Crippen LogP contribution in [0, 0.1) is 6.92 Å². The summed E-state index contributed by atoms with van der Waals surface area (Å²) in [5.74, 6) is 0.741. The van der Waals surface area contributed by atoms with Crippen LogP contribution < -0.4 is 5.32 Å². The maximum absolute atomic E-state index is 13.3. The van der Waals surface area contributed by atoms with Gasteiger partial charge in [0.15, 0.2) is 0 Å². The quantitative estimate of drug-likeness (QED) is 0.428. The zero-order valence-electron chi connectivity index (χ0n) is 20.8. The molecular formula is C28H29N7O2. The van der Waals surface area contributed by atoms with Crippen LogP contribution in [0.25, 0.3) is 22.3 Å². The molecule has 2 fully saturated rings. The molecule has 5 heterocycles. The van der Waals surface area contributed by atoms with E-state index < -0.39 is 0 Å². The molecule has 2 amide bonds. The Labute approximate surface area is 214 Å². The predicted octanol–water partition coefficient (Wildman–Crippen LogP) is 4.30. The smallest absolute Gasteiger partial charge is 0.270 e. The monoisotopic (exact) mass is 495 g/mol. The fourth-order valence-corrected chi connectivity index (χ4v) is 5.42. The number of H-pyrrole nitrogens is 1. The van der Waals surface area contributed by atoms with Gasteiger partial charge in [-0.3, -0.25) is 14.6 Å². The van der Waals surface area contributed by atoms with Gasteiger partial charge in [0.1, 0.15) is 5.69 Å². The molecular weight excluding hydrogens is 466 g/mol. The summed E-state index contributed by atoms with van der Waals surface area (Å²) in [5.41, 5.74) is 4.91. The molecule has 9 nitrogen and oxygen atoms in total.